The lowest BCUT2D eigenvalue weighted by molar-refractivity contribution is -0.371. The first-order chi connectivity index (χ1) is 15.3. The second-order valence-electron chi connectivity index (χ2n) is 9.94. The van der Waals surface area contributed by atoms with E-state index in [9.17, 15) is 30.6 Å². The van der Waals surface area contributed by atoms with Crippen LogP contribution in [0.15, 0.2) is 0 Å². The van der Waals surface area contributed by atoms with E-state index in [1.165, 1.54) is 0 Å². The van der Waals surface area contributed by atoms with Crippen molar-refractivity contribution in [2.24, 2.45) is 0 Å². The second-order valence-corrected chi connectivity index (χ2v) is 9.94. The molecule has 11 nitrogen and oxygen atoms in total. The van der Waals surface area contributed by atoms with Gasteiger partial charge in [-0.3, -0.25) is 0 Å². The van der Waals surface area contributed by atoms with Crippen molar-refractivity contribution in [3.05, 3.63) is 0 Å². The van der Waals surface area contributed by atoms with Crippen LogP contribution in [-0.4, -0.2) is 116 Å². The Balaban J connectivity index is 2.15. The lowest BCUT2D eigenvalue weighted by atomic mass is 9.95. The van der Waals surface area contributed by atoms with Crippen LogP contribution >= 0.6 is 0 Å². The van der Waals surface area contributed by atoms with Crippen LogP contribution in [0.3, 0.4) is 0 Å². The van der Waals surface area contributed by atoms with Gasteiger partial charge < -0.3 is 54.3 Å². The van der Waals surface area contributed by atoms with E-state index in [2.05, 4.69) is 0 Å². The monoisotopic (exact) mass is 482 g/mol. The third-order valence-corrected chi connectivity index (χ3v) is 6.53. The van der Waals surface area contributed by atoms with Crippen molar-refractivity contribution in [3.63, 3.8) is 0 Å². The van der Waals surface area contributed by atoms with Crippen molar-refractivity contribution in [2.75, 3.05) is 13.2 Å². The molecule has 2 aliphatic heterocycles. The Morgan fingerprint density at radius 2 is 1.06 bits per heavy atom. The molecular weight excluding hydrogens is 440 g/mol. The number of ether oxygens (including phenoxy) is 5. The molecule has 10 atom stereocenters. The molecule has 196 valence electrons. The molecule has 0 spiro atoms. The molecule has 0 amide bonds. The van der Waals surface area contributed by atoms with Crippen LogP contribution in [0.25, 0.3) is 0 Å². The summed E-state index contributed by atoms with van der Waals surface area (Å²) in [5.41, 5.74) is -1.29. The number of aliphatic hydroxyl groups is 6. The summed E-state index contributed by atoms with van der Waals surface area (Å²) in [6, 6.07) is 0. The summed E-state index contributed by atoms with van der Waals surface area (Å²) >= 11 is 0. The fraction of sp³-hybridized carbons (Fsp3) is 1.00. The molecule has 0 aromatic rings. The molecule has 8 unspecified atom stereocenters. The van der Waals surface area contributed by atoms with Crippen molar-refractivity contribution < 1.29 is 54.3 Å². The van der Waals surface area contributed by atoms with Gasteiger partial charge >= 0.3 is 0 Å². The van der Waals surface area contributed by atoms with Crippen LogP contribution in [0.5, 0.6) is 0 Å². The molecular formula is C22H42O11. The molecule has 2 rings (SSSR count). The first kappa shape index (κ1) is 28.8. The van der Waals surface area contributed by atoms with Crippen molar-refractivity contribution in [1.82, 2.24) is 0 Å². The van der Waals surface area contributed by atoms with Gasteiger partial charge in [0.1, 0.15) is 48.8 Å². The summed E-state index contributed by atoms with van der Waals surface area (Å²) in [6.45, 7) is 9.91. The molecule has 0 aromatic carbocycles. The third-order valence-electron chi connectivity index (χ3n) is 6.53. The van der Waals surface area contributed by atoms with Crippen molar-refractivity contribution in [1.29, 1.82) is 0 Å². The fourth-order valence-corrected chi connectivity index (χ4v) is 3.63. The van der Waals surface area contributed by atoms with Gasteiger partial charge in [-0.1, -0.05) is 13.8 Å². The van der Waals surface area contributed by atoms with Gasteiger partial charge in [0.15, 0.2) is 12.6 Å². The molecule has 6 N–H and O–H groups in total. The van der Waals surface area contributed by atoms with E-state index in [1.54, 1.807) is 13.8 Å². The van der Waals surface area contributed by atoms with Crippen LogP contribution in [0.1, 0.15) is 54.4 Å². The van der Waals surface area contributed by atoms with Gasteiger partial charge in [-0.05, 0) is 40.5 Å². The Kier molecular flexibility index (Phi) is 10.1. The minimum atomic E-state index is -1.60. The van der Waals surface area contributed by atoms with Gasteiger partial charge in [-0.25, -0.2) is 0 Å². The summed E-state index contributed by atoms with van der Waals surface area (Å²) in [7, 11) is 0. The average molecular weight is 483 g/mol. The van der Waals surface area contributed by atoms with Crippen LogP contribution in [0, 0.1) is 0 Å². The minimum Gasteiger partial charge on any atom is -0.394 e. The predicted molar refractivity (Wildman–Crippen MR) is 115 cm³/mol. The summed E-state index contributed by atoms with van der Waals surface area (Å²) in [6.07, 6.45) is -12.1. The number of rotatable bonds is 10. The van der Waals surface area contributed by atoms with Gasteiger partial charge in [0.25, 0.3) is 0 Å². The Hall–Kier alpha value is -0.440. The summed E-state index contributed by atoms with van der Waals surface area (Å²) in [5.74, 6) is 0. The van der Waals surface area contributed by atoms with Crippen LogP contribution < -0.4 is 0 Å². The van der Waals surface area contributed by atoms with E-state index < -0.39 is 85.8 Å². The van der Waals surface area contributed by atoms with E-state index in [4.69, 9.17) is 23.7 Å². The molecule has 2 saturated heterocycles. The quantitative estimate of drug-likeness (QED) is 0.227. The maximum atomic E-state index is 10.7. The molecule has 0 saturated carbocycles. The number of hydrogen-bond donors (Lipinski definition) is 6. The van der Waals surface area contributed by atoms with E-state index >= 15 is 0 Å². The smallest absolute Gasteiger partial charge is 0.187 e. The van der Waals surface area contributed by atoms with Gasteiger partial charge in [-0.2, -0.15) is 0 Å². The fourth-order valence-electron chi connectivity index (χ4n) is 3.63. The lowest BCUT2D eigenvalue weighted by Crippen LogP contribution is -2.65. The zero-order valence-electron chi connectivity index (χ0n) is 20.3. The lowest BCUT2D eigenvalue weighted by Gasteiger charge is -2.48. The summed E-state index contributed by atoms with van der Waals surface area (Å²) < 4.78 is 28.6. The molecule has 0 radical (unpaired) electrons. The largest absolute Gasteiger partial charge is 0.394 e. The highest BCUT2D eigenvalue weighted by Gasteiger charge is 2.52. The molecule has 0 aromatic heterocycles. The van der Waals surface area contributed by atoms with Gasteiger partial charge in [0.2, 0.25) is 0 Å². The normalized spacial score (nSPS) is 40.7. The molecule has 2 heterocycles. The molecule has 0 aliphatic carbocycles. The summed E-state index contributed by atoms with van der Waals surface area (Å²) in [4.78, 5) is 0. The number of hydrogen-bond acceptors (Lipinski definition) is 11. The van der Waals surface area contributed by atoms with E-state index in [0.29, 0.717) is 12.8 Å². The Morgan fingerprint density at radius 3 is 1.58 bits per heavy atom. The standard InChI is InChI=1S/C22H42O11/c1-7-21(3,4)32-18-12(10-24)29-19(15(27)14(18)26)31-17-11(9-23)30-20(16(28)13(17)25)33-22(5,6)8-2/h11-20,23-28H,7-10H2,1-6H3/t11-,12?,13?,14?,15?,16?,17?,18?,19?,20-/m0/s1. The van der Waals surface area contributed by atoms with Crippen molar-refractivity contribution >= 4 is 0 Å². The SMILES string of the molecule is CCC(C)(C)OC1C(CO)OC(OC2C(O)C(O)[C@H](OC(C)(C)CC)O[C@H]2CO)C(O)C1O. The number of aliphatic hydroxyl groups excluding tert-OH is 6. The highest BCUT2D eigenvalue weighted by molar-refractivity contribution is 4.95. The highest BCUT2D eigenvalue weighted by atomic mass is 16.7. The topological polar surface area (TPSA) is 168 Å². The van der Waals surface area contributed by atoms with Crippen molar-refractivity contribution in [3.8, 4) is 0 Å². The molecule has 0 bridgehead atoms. The zero-order chi connectivity index (χ0) is 25.1. The minimum absolute atomic E-state index is 0.522. The van der Waals surface area contributed by atoms with Gasteiger partial charge in [0, 0.05) is 0 Å². The first-order valence-corrected chi connectivity index (χ1v) is 11.6. The van der Waals surface area contributed by atoms with Crippen LogP contribution in [0.4, 0.5) is 0 Å². The first-order valence-electron chi connectivity index (χ1n) is 11.6. The maximum Gasteiger partial charge on any atom is 0.187 e. The molecule has 33 heavy (non-hydrogen) atoms. The van der Waals surface area contributed by atoms with E-state index in [1.807, 2.05) is 27.7 Å². The van der Waals surface area contributed by atoms with Crippen molar-refractivity contribution in [2.45, 2.75) is 127 Å². The predicted octanol–water partition coefficient (Wildman–Crippen LogP) is -0.971. The second kappa shape index (κ2) is 11.5. The average Bonchev–Trinajstić information content (AvgIpc) is 2.77. The highest BCUT2D eigenvalue weighted by Crippen LogP contribution is 2.33. The van der Waals surface area contributed by atoms with Crippen LogP contribution in [0.2, 0.25) is 0 Å². The molecule has 11 heteroatoms. The Labute approximate surface area is 195 Å². The molecule has 2 aliphatic rings. The molecule has 2 fully saturated rings. The van der Waals surface area contributed by atoms with Gasteiger partial charge in [0.05, 0.1) is 24.4 Å². The van der Waals surface area contributed by atoms with E-state index in [0.717, 1.165) is 0 Å². The maximum absolute atomic E-state index is 10.7. The van der Waals surface area contributed by atoms with Gasteiger partial charge in [-0.15, -0.1) is 0 Å². The van der Waals surface area contributed by atoms with Crippen LogP contribution in [-0.2, 0) is 23.7 Å². The zero-order valence-corrected chi connectivity index (χ0v) is 20.3. The summed E-state index contributed by atoms with van der Waals surface area (Å²) in [5, 5.41) is 62.2. The Morgan fingerprint density at radius 1 is 0.636 bits per heavy atom. The third kappa shape index (κ3) is 6.83. The Bertz CT molecular complexity index is 597. The van der Waals surface area contributed by atoms with E-state index in [-0.39, 0.29) is 0 Å².